The predicted molar refractivity (Wildman–Crippen MR) is 177 cm³/mol. The highest BCUT2D eigenvalue weighted by Crippen LogP contribution is 2.37. The van der Waals surface area contributed by atoms with Crippen molar-refractivity contribution in [2.45, 2.75) is 124 Å². The minimum atomic E-state index is -0.225. The zero-order valence-electron chi connectivity index (χ0n) is 25.8. The molecular formula is C33H50N4O2S2. The molecule has 0 aliphatic carbocycles. The molecule has 6 nitrogen and oxygen atoms in total. The Balaban J connectivity index is 1.78. The lowest BCUT2D eigenvalue weighted by atomic mass is 9.98. The first kappa shape index (κ1) is 33.4. The smallest absolute Gasteiger partial charge is 0.270 e. The van der Waals surface area contributed by atoms with Gasteiger partial charge in [0.05, 0.1) is 4.91 Å². The number of carbonyl (C=O) groups is 1. The fraction of sp³-hybridized carbons (Fsp3) is 0.697. The number of thiocarbonyl (C=S) groups is 1. The molecule has 41 heavy (non-hydrogen) atoms. The van der Waals surface area contributed by atoms with E-state index in [1.807, 2.05) is 13.0 Å². The van der Waals surface area contributed by atoms with Gasteiger partial charge in [0.15, 0.2) is 0 Å². The van der Waals surface area contributed by atoms with Crippen LogP contribution < -0.4 is 10.5 Å². The van der Waals surface area contributed by atoms with E-state index in [0.29, 0.717) is 33.8 Å². The van der Waals surface area contributed by atoms with E-state index in [1.165, 1.54) is 63.1 Å². The van der Waals surface area contributed by atoms with Crippen molar-refractivity contribution in [2.24, 2.45) is 5.92 Å². The number of aromatic nitrogens is 1. The molecular weight excluding hydrogens is 549 g/mol. The van der Waals surface area contributed by atoms with Crippen molar-refractivity contribution in [2.75, 3.05) is 24.5 Å². The maximum atomic E-state index is 13.5. The standard InChI is InChI=1S/C33H50N4O2S2/c1-5-7-9-10-11-12-13-14-15-16-21-37-32(39)29(41-33(37)40)22-27-26(4)28(23-34)31(38)36(20-8-6-2)30(27)35-19-17-18-25(3)24-35/h22,25H,5-21,24H2,1-4H3/b29-22+. The van der Waals surface area contributed by atoms with Crippen LogP contribution in [0.1, 0.15) is 127 Å². The Morgan fingerprint density at radius 2 is 1.61 bits per heavy atom. The second-order valence-corrected chi connectivity index (χ2v) is 13.5. The molecule has 0 spiro atoms. The number of pyridine rings is 1. The topological polar surface area (TPSA) is 69.3 Å². The van der Waals surface area contributed by atoms with E-state index in [2.05, 4.69) is 31.7 Å². The van der Waals surface area contributed by atoms with Crippen molar-refractivity contribution in [3.63, 3.8) is 0 Å². The van der Waals surface area contributed by atoms with Crippen molar-refractivity contribution in [1.29, 1.82) is 5.26 Å². The second kappa shape index (κ2) is 17.1. The number of thioether (sulfide) groups is 1. The number of anilines is 1. The lowest BCUT2D eigenvalue weighted by Gasteiger charge is -2.36. The summed E-state index contributed by atoms with van der Waals surface area (Å²) >= 11 is 6.99. The summed E-state index contributed by atoms with van der Waals surface area (Å²) in [5.74, 6) is 1.31. The Labute approximate surface area is 257 Å². The molecule has 2 saturated heterocycles. The molecule has 0 N–H and O–H groups in total. The molecule has 0 radical (unpaired) electrons. The molecule has 2 aliphatic heterocycles. The van der Waals surface area contributed by atoms with Crippen molar-refractivity contribution in [3.8, 4) is 6.07 Å². The molecule has 1 atom stereocenters. The maximum Gasteiger partial charge on any atom is 0.270 e. The van der Waals surface area contributed by atoms with Crippen LogP contribution in [0.5, 0.6) is 0 Å². The van der Waals surface area contributed by atoms with E-state index in [-0.39, 0.29) is 17.0 Å². The molecule has 0 saturated carbocycles. The third kappa shape index (κ3) is 8.94. The number of nitrogens with zero attached hydrogens (tertiary/aromatic N) is 4. The summed E-state index contributed by atoms with van der Waals surface area (Å²) in [7, 11) is 0. The average Bonchev–Trinajstić information content (AvgIpc) is 3.22. The van der Waals surface area contributed by atoms with E-state index in [0.717, 1.165) is 63.0 Å². The van der Waals surface area contributed by atoms with Gasteiger partial charge in [-0.3, -0.25) is 19.1 Å². The number of hydrogen-bond acceptors (Lipinski definition) is 6. The van der Waals surface area contributed by atoms with Gasteiger partial charge in [0, 0.05) is 31.7 Å². The van der Waals surface area contributed by atoms with E-state index in [1.54, 1.807) is 9.47 Å². The largest absolute Gasteiger partial charge is 0.357 e. The molecule has 1 aromatic heterocycles. The second-order valence-electron chi connectivity index (χ2n) is 11.9. The zero-order valence-corrected chi connectivity index (χ0v) is 27.4. The van der Waals surface area contributed by atoms with E-state index < -0.39 is 0 Å². The number of amides is 1. The van der Waals surface area contributed by atoms with Gasteiger partial charge < -0.3 is 4.90 Å². The summed E-state index contributed by atoms with van der Waals surface area (Å²) < 4.78 is 2.39. The molecule has 226 valence electrons. The van der Waals surface area contributed by atoms with Gasteiger partial charge in [-0.15, -0.1) is 0 Å². The van der Waals surface area contributed by atoms with Crippen molar-refractivity contribution >= 4 is 46.1 Å². The minimum Gasteiger partial charge on any atom is -0.357 e. The van der Waals surface area contributed by atoms with E-state index in [9.17, 15) is 14.9 Å². The number of hydrogen-bond donors (Lipinski definition) is 0. The SMILES string of the molecule is CCCCCCCCCCCCN1C(=O)/C(=C\c2c(C)c(C#N)c(=O)n(CCCC)c2N2CCCC(C)C2)SC1=S. The Kier molecular flexibility index (Phi) is 13.9. The Morgan fingerprint density at radius 1 is 0.976 bits per heavy atom. The fourth-order valence-corrected chi connectivity index (χ4v) is 7.26. The van der Waals surface area contributed by atoms with Crippen LogP contribution in [-0.2, 0) is 11.3 Å². The fourth-order valence-electron chi connectivity index (χ4n) is 5.97. The number of carbonyl (C=O) groups excluding carboxylic acids is 1. The van der Waals surface area contributed by atoms with Crippen LogP contribution in [0.25, 0.3) is 6.08 Å². The molecule has 3 heterocycles. The van der Waals surface area contributed by atoms with Gasteiger partial charge in [0.2, 0.25) is 0 Å². The summed E-state index contributed by atoms with van der Waals surface area (Å²) in [6.45, 7) is 11.4. The van der Waals surface area contributed by atoms with Gasteiger partial charge in [-0.1, -0.05) is 109 Å². The van der Waals surface area contributed by atoms with Crippen molar-refractivity contribution in [3.05, 3.63) is 31.9 Å². The predicted octanol–water partition coefficient (Wildman–Crippen LogP) is 8.19. The third-order valence-electron chi connectivity index (χ3n) is 8.42. The van der Waals surface area contributed by atoms with Crippen LogP contribution in [0.4, 0.5) is 5.82 Å². The van der Waals surface area contributed by atoms with Crippen LogP contribution in [0.2, 0.25) is 0 Å². The Hall–Kier alpha value is -2.11. The van der Waals surface area contributed by atoms with Crippen molar-refractivity contribution in [1.82, 2.24) is 9.47 Å². The first-order valence-electron chi connectivity index (χ1n) is 16.0. The highest BCUT2D eigenvalue weighted by molar-refractivity contribution is 8.26. The van der Waals surface area contributed by atoms with Crippen LogP contribution in [0, 0.1) is 24.2 Å². The van der Waals surface area contributed by atoms with Crippen LogP contribution in [0.3, 0.4) is 0 Å². The van der Waals surface area contributed by atoms with E-state index in [4.69, 9.17) is 12.2 Å². The number of nitriles is 1. The van der Waals surface area contributed by atoms with Gasteiger partial charge in [0.25, 0.3) is 11.5 Å². The number of unbranched alkanes of at least 4 members (excludes halogenated alkanes) is 10. The van der Waals surface area contributed by atoms with Crippen LogP contribution in [-0.4, -0.2) is 39.3 Å². The average molecular weight is 599 g/mol. The van der Waals surface area contributed by atoms with Gasteiger partial charge >= 0.3 is 0 Å². The Bertz CT molecular complexity index is 1180. The Morgan fingerprint density at radius 3 is 2.22 bits per heavy atom. The summed E-state index contributed by atoms with van der Waals surface area (Å²) in [6, 6.07) is 2.17. The van der Waals surface area contributed by atoms with Gasteiger partial charge in [-0.2, -0.15) is 5.26 Å². The highest BCUT2D eigenvalue weighted by Gasteiger charge is 2.33. The summed E-state index contributed by atoms with van der Waals surface area (Å²) in [6.07, 6.45) is 18.4. The number of piperidine rings is 1. The first-order chi connectivity index (χ1) is 19.8. The maximum absolute atomic E-state index is 13.5. The van der Waals surface area contributed by atoms with E-state index >= 15 is 0 Å². The zero-order chi connectivity index (χ0) is 29.8. The molecule has 3 rings (SSSR count). The third-order valence-corrected chi connectivity index (χ3v) is 9.80. The molecule has 1 aromatic rings. The first-order valence-corrected chi connectivity index (χ1v) is 17.2. The summed E-state index contributed by atoms with van der Waals surface area (Å²) in [5, 5.41) is 9.94. The molecule has 0 bridgehead atoms. The summed E-state index contributed by atoms with van der Waals surface area (Å²) in [5.41, 5.74) is 1.41. The van der Waals surface area contributed by atoms with Gasteiger partial charge in [-0.05, 0) is 50.2 Å². The molecule has 2 aliphatic rings. The van der Waals surface area contributed by atoms with Crippen LogP contribution in [0.15, 0.2) is 9.70 Å². The van der Waals surface area contributed by atoms with Crippen LogP contribution >= 0.6 is 24.0 Å². The molecule has 1 amide bonds. The highest BCUT2D eigenvalue weighted by atomic mass is 32.2. The summed E-state index contributed by atoms with van der Waals surface area (Å²) in [4.78, 5) is 31.7. The monoisotopic (exact) mass is 598 g/mol. The normalized spacial score (nSPS) is 18.5. The molecule has 8 heteroatoms. The molecule has 2 fully saturated rings. The molecule has 1 unspecified atom stereocenters. The quantitative estimate of drug-likeness (QED) is 0.109. The lowest BCUT2D eigenvalue weighted by Crippen LogP contribution is -2.40. The lowest BCUT2D eigenvalue weighted by molar-refractivity contribution is -0.122. The number of rotatable bonds is 16. The minimum absolute atomic E-state index is 0.0573. The van der Waals surface area contributed by atoms with Gasteiger partial charge in [0.1, 0.15) is 21.8 Å². The van der Waals surface area contributed by atoms with Crippen molar-refractivity contribution < 1.29 is 4.79 Å². The van der Waals surface area contributed by atoms with Gasteiger partial charge in [-0.25, -0.2) is 0 Å². The molecule has 0 aromatic carbocycles.